The van der Waals surface area contributed by atoms with E-state index in [-0.39, 0.29) is 0 Å². The second-order valence-corrected chi connectivity index (χ2v) is 13.8. The average molecular weight is 513 g/mol. The normalized spacial score (nSPS) is 22.7. The van der Waals surface area contributed by atoms with Gasteiger partial charge in [-0.1, -0.05) is 0 Å². The number of fused-ring (bicyclic) bond motifs is 4. The molecule has 0 saturated carbocycles. The van der Waals surface area contributed by atoms with Gasteiger partial charge in [-0.25, -0.2) is 0 Å². The van der Waals surface area contributed by atoms with Crippen molar-refractivity contribution in [2.24, 2.45) is 0 Å². The van der Waals surface area contributed by atoms with Crippen LogP contribution >= 0.6 is 45.3 Å². The van der Waals surface area contributed by atoms with Crippen LogP contribution in [0.3, 0.4) is 0 Å². The molecule has 4 aromatic heterocycles. The Bertz CT molecular complexity index is 1440. The zero-order valence-corrected chi connectivity index (χ0v) is 22.2. The van der Waals surface area contributed by atoms with Crippen LogP contribution in [0.2, 0.25) is 0 Å². The van der Waals surface area contributed by atoms with Crippen molar-refractivity contribution < 1.29 is 0 Å². The van der Waals surface area contributed by atoms with Crippen molar-refractivity contribution in [3.05, 3.63) is 86.5 Å². The number of allylic oxidation sites excluding steroid dienone is 4. The summed E-state index contributed by atoms with van der Waals surface area (Å²) in [6, 6.07) is 9.58. The summed E-state index contributed by atoms with van der Waals surface area (Å²) in [4.78, 5) is 9.12. The third-order valence-corrected chi connectivity index (χ3v) is 12.4. The molecule has 0 amide bonds. The lowest BCUT2D eigenvalue weighted by molar-refractivity contribution is 1.06. The van der Waals surface area contributed by atoms with E-state index >= 15 is 0 Å². The molecule has 0 spiro atoms. The van der Waals surface area contributed by atoms with E-state index in [4.69, 9.17) is 0 Å². The van der Waals surface area contributed by atoms with Crippen LogP contribution in [0.4, 0.5) is 0 Å². The van der Waals surface area contributed by atoms with Gasteiger partial charge < -0.3 is 0 Å². The van der Waals surface area contributed by atoms with Crippen LogP contribution in [0.1, 0.15) is 77.2 Å². The van der Waals surface area contributed by atoms with Crippen molar-refractivity contribution in [2.45, 2.75) is 51.4 Å². The number of thiophene rings is 4. The molecule has 0 unspecified atom stereocenters. The van der Waals surface area contributed by atoms with Gasteiger partial charge in [-0.2, -0.15) is 0 Å². The topological polar surface area (TPSA) is 0 Å². The van der Waals surface area contributed by atoms with Gasteiger partial charge in [0.25, 0.3) is 0 Å². The van der Waals surface area contributed by atoms with Gasteiger partial charge in [0.15, 0.2) is 0 Å². The monoisotopic (exact) mass is 512 g/mol. The number of hydrogen-bond acceptors (Lipinski definition) is 4. The molecule has 0 aromatic carbocycles. The molecule has 4 heteroatoms. The molecule has 0 fully saturated rings. The van der Waals surface area contributed by atoms with Gasteiger partial charge in [0.2, 0.25) is 0 Å². The maximum Gasteiger partial charge on any atom is 0.0344 e. The lowest BCUT2D eigenvalue weighted by Crippen LogP contribution is -1.80. The molecule has 4 aromatic rings. The van der Waals surface area contributed by atoms with Crippen LogP contribution in [0.5, 0.6) is 0 Å². The summed E-state index contributed by atoms with van der Waals surface area (Å²) < 4.78 is 0. The molecule has 34 heavy (non-hydrogen) atoms. The van der Waals surface area contributed by atoms with Gasteiger partial charge in [-0.3, -0.25) is 0 Å². The molecule has 4 aliphatic rings. The minimum Gasteiger partial charge on any atom is -0.144 e. The molecule has 0 saturated heterocycles. The van der Waals surface area contributed by atoms with Crippen molar-refractivity contribution in [3.8, 4) is 0 Å². The van der Waals surface area contributed by atoms with Crippen LogP contribution in [-0.2, 0) is 25.7 Å². The van der Waals surface area contributed by atoms with E-state index < -0.39 is 0 Å². The zero-order valence-electron chi connectivity index (χ0n) is 18.9. The van der Waals surface area contributed by atoms with E-state index in [1.807, 2.05) is 45.3 Å². The highest BCUT2D eigenvalue weighted by molar-refractivity contribution is 7.15. The first kappa shape index (κ1) is 20.2. The molecular formula is C30H24S4. The molecule has 8 rings (SSSR count). The van der Waals surface area contributed by atoms with E-state index in [1.54, 1.807) is 64.1 Å². The molecule has 4 aliphatic carbocycles. The summed E-state index contributed by atoms with van der Waals surface area (Å²) in [5.74, 6) is 0. The summed E-state index contributed by atoms with van der Waals surface area (Å²) in [5, 5.41) is 4.54. The fourth-order valence-electron chi connectivity index (χ4n) is 6.35. The number of aryl methyl sites for hydroxylation is 4. The molecule has 0 nitrogen and oxygen atoms in total. The van der Waals surface area contributed by atoms with E-state index in [0.717, 1.165) is 0 Å². The highest BCUT2D eigenvalue weighted by atomic mass is 32.1. The summed E-state index contributed by atoms with van der Waals surface area (Å²) in [6.45, 7) is 0. The molecule has 0 aliphatic heterocycles. The Morgan fingerprint density at radius 2 is 0.882 bits per heavy atom. The van der Waals surface area contributed by atoms with Gasteiger partial charge in [0, 0.05) is 29.3 Å². The first-order valence-corrected chi connectivity index (χ1v) is 15.7. The van der Waals surface area contributed by atoms with Gasteiger partial charge >= 0.3 is 0 Å². The van der Waals surface area contributed by atoms with Crippen molar-refractivity contribution in [2.75, 3.05) is 0 Å². The Morgan fingerprint density at radius 3 is 1.35 bits per heavy atom. The minimum atomic E-state index is 1.22. The Kier molecular flexibility index (Phi) is 4.62. The largest absolute Gasteiger partial charge is 0.144 e. The highest BCUT2D eigenvalue weighted by Gasteiger charge is 2.29. The first-order valence-electron chi connectivity index (χ1n) is 12.3. The molecule has 0 atom stereocenters. The Morgan fingerprint density at radius 1 is 0.471 bits per heavy atom. The average Bonchev–Trinajstić information content (AvgIpc) is 3.63. The van der Waals surface area contributed by atoms with Crippen LogP contribution < -0.4 is 0 Å². The maximum absolute atomic E-state index is 2.46. The maximum atomic E-state index is 2.46. The Balaban J connectivity index is 1.09. The van der Waals surface area contributed by atoms with E-state index in [1.165, 1.54) is 61.1 Å². The SMILES string of the molecule is C(=C\c1cc2c(s1)/C(=C1\CCc3ccsc31)CC2)/c1cc2c(s1)/C(=C1/CCc3ccsc31)CC2. The smallest absolute Gasteiger partial charge is 0.0344 e. The van der Waals surface area contributed by atoms with Gasteiger partial charge in [0.1, 0.15) is 0 Å². The molecular weight excluding hydrogens is 489 g/mol. The summed E-state index contributed by atoms with van der Waals surface area (Å²) >= 11 is 7.92. The van der Waals surface area contributed by atoms with Crippen LogP contribution in [0.25, 0.3) is 34.4 Å². The quantitative estimate of drug-likeness (QED) is 0.251. The van der Waals surface area contributed by atoms with Gasteiger partial charge in [0.05, 0.1) is 0 Å². The van der Waals surface area contributed by atoms with Crippen LogP contribution in [0, 0.1) is 0 Å². The number of rotatable bonds is 2. The van der Waals surface area contributed by atoms with Crippen LogP contribution in [0.15, 0.2) is 35.0 Å². The van der Waals surface area contributed by atoms with Crippen LogP contribution in [-0.4, -0.2) is 0 Å². The van der Waals surface area contributed by atoms with Gasteiger partial charge in [-0.05, 0) is 143 Å². The fraction of sp³-hybridized carbons (Fsp3) is 0.267. The molecule has 4 heterocycles. The molecule has 0 radical (unpaired) electrons. The van der Waals surface area contributed by atoms with Crippen molar-refractivity contribution in [1.82, 2.24) is 0 Å². The Labute approximate surface area is 216 Å². The second kappa shape index (κ2) is 7.76. The standard InChI is InChI=1S/C30H24S4/c1-7-23(27-17(1)11-13-31-27)25-9-3-19-15-21(33-29(19)25)5-6-22-16-20-4-10-26(30(20)34-22)24-8-2-18-12-14-32-28(18)24/h5-6,11-16H,1-4,7-10H2/b6-5+,25-23-,26-24+. The fourth-order valence-corrected chi connectivity index (χ4v) is 10.9. The number of hydrogen-bond donors (Lipinski definition) is 0. The van der Waals surface area contributed by atoms with Gasteiger partial charge in [-0.15, -0.1) is 45.3 Å². The third-order valence-electron chi connectivity index (χ3n) is 7.96. The minimum absolute atomic E-state index is 1.22. The lowest BCUT2D eigenvalue weighted by atomic mass is 10.1. The van der Waals surface area contributed by atoms with Crippen molar-refractivity contribution in [3.63, 3.8) is 0 Å². The highest BCUT2D eigenvalue weighted by Crippen LogP contribution is 2.50. The predicted octanol–water partition coefficient (Wildman–Crippen LogP) is 9.71. The molecule has 0 N–H and O–H groups in total. The Hall–Kier alpha value is -1.98. The lowest BCUT2D eigenvalue weighted by Gasteiger charge is -2.04. The van der Waals surface area contributed by atoms with E-state index in [2.05, 4.69) is 47.2 Å². The first-order chi connectivity index (χ1) is 16.8. The summed E-state index contributed by atoms with van der Waals surface area (Å²) in [6.07, 6.45) is 14.6. The van der Waals surface area contributed by atoms with E-state index in [9.17, 15) is 0 Å². The zero-order chi connectivity index (χ0) is 22.2. The van der Waals surface area contributed by atoms with Crippen molar-refractivity contribution in [1.29, 1.82) is 0 Å². The molecule has 0 bridgehead atoms. The summed E-state index contributed by atoms with van der Waals surface area (Å²) in [5.41, 5.74) is 12.9. The third kappa shape index (κ3) is 3.05. The second-order valence-electron chi connectivity index (χ2n) is 9.80. The van der Waals surface area contributed by atoms with E-state index in [0.29, 0.717) is 0 Å². The predicted molar refractivity (Wildman–Crippen MR) is 153 cm³/mol. The van der Waals surface area contributed by atoms with Crippen molar-refractivity contribution >= 4 is 79.8 Å². The summed E-state index contributed by atoms with van der Waals surface area (Å²) in [7, 11) is 0. The molecule has 168 valence electrons.